The number of H-pyrrole nitrogens is 1. The van der Waals surface area contributed by atoms with Gasteiger partial charge in [-0.25, -0.2) is 17.2 Å². The van der Waals surface area contributed by atoms with E-state index in [1.807, 2.05) is 0 Å². The van der Waals surface area contributed by atoms with Crippen molar-refractivity contribution in [1.82, 2.24) is 10.3 Å². The first-order valence-electron chi connectivity index (χ1n) is 9.13. The molecule has 9 heteroatoms. The van der Waals surface area contributed by atoms with E-state index in [0.717, 1.165) is 18.4 Å². The molecule has 2 N–H and O–H groups in total. The van der Waals surface area contributed by atoms with E-state index in [9.17, 15) is 26.8 Å². The summed E-state index contributed by atoms with van der Waals surface area (Å²) >= 11 is 0. The summed E-state index contributed by atoms with van der Waals surface area (Å²) in [6.07, 6.45) is 2.46. The normalized spacial score (nSPS) is 12.8. The number of hydrogen-bond donors (Lipinski definition) is 2. The summed E-state index contributed by atoms with van der Waals surface area (Å²) in [5, 5.41) is 3.42. The van der Waals surface area contributed by atoms with E-state index in [-0.39, 0.29) is 28.8 Å². The van der Waals surface area contributed by atoms with Crippen molar-refractivity contribution < 1.29 is 22.0 Å². The van der Waals surface area contributed by atoms with Crippen LogP contribution in [0.2, 0.25) is 0 Å². The molecule has 6 nitrogen and oxygen atoms in total. The Morgan fingerprint density at radius 2 is 1.80 bits per heavy atom. The van der Waals surface area contributed by atoms with Gasteiger partial charge in [0.2, 0.25) is 0 Å². The van der Waals surface area contributed by atoms with E-state index in [1.165, 1.54) is 30.5 Å². The molecule has 1 heterocycles. The maximum absolute atomic E-state index is 14.7. The highest BCUT2D eigenvalue weighted by atomic mass is 32.2. The van der Waals surface area contributed by atoms with E-state index < -0.39 is 44.4 Å². The van der Waals surface area contributed by atoms with Crippen LogP contribution >= 0.6 is 0 Å². The maximum Gasteiger partial charge on any atom is 0.255 e. The van der Waals surface area contributed by atoms with Crippen LogP contribution in [0.5, 0.6) is 0 Å². The predicted octanol–water partition coefficient (Wildman–Crippen LogP) is 2.73. The molecule has 0 aliphatic rings. The van der Waals surface area contributed by atoms with Gasteiger partial charge < -0.3 is 10.3 Å². The van der Waals surface area contributed by atoms with Gasteiger partial charge in [0.15, 0.2) is 5.78 Å². The molecule has 1 aromatic heterocycles. The van der Waals surface area contributed by atoms with Gasteiger partial charge in [-0.2, -0.15) is 0 Å². The first-order valence-corrected chi connectivity index (χ1v) is 11.2. The van der Waals surface area contributed by atoms with E-state index >= 15 is 0 Å². The lowest BCUT2D eigenvalue weighted by Crippen LogP contribution is -2.25. The Morgan fingerprint density at radius 1 is 1.13 bits per heavy atom. The second kappa shape index (κ2) is 8.45. The molecule has 0 radical (unpaired) electrons. The Hall–Kier alpha value is -2.91. The second-order valence-electron chi connectivity index (χ2n) is 7.07. The lowest BCUT2D eigenvalue weighted by Gasteiger charge is -2.16. The van der Waals surface area contributed by atoms with E-state index in [4.69, 9.17) is 0 Å². The van der Waals surface area contributed by atoms with Crippen LogP contribution < -0.4 is 10.9 Å². The third kappa shape index (κ3) is 4.63. The van der Waals surface area contributed by atoms with Gasteiger partial charge in [0.1, 0.15) is 21.5 Å². The van der Waals surface area contributed by atoms with Crippen molar-refractivity contribution in [1.29, 1.82) is 0 Å². The summed E-state index contributed by atoms with van der Waals surface area (Å²) in [6.45, 7) is 1.75. The second-order valence-corrected chi connectivity index (χ2v) is 9.33. The molecule has 0 aliphatic carbocycles. The first-order chi connectivity index (χ1) is 14.1. The third-order valence-corrected chi connectivity index (χ3v) is 5.72. The summed E-state index contributed by atoms with van der Waals surface area (Å²) in [6, 6.07) is 7.47. The lowest BCUT2D eigenvalue weighted by molar-refractivity contribution is 0.103. The third-order valence-electron chi connectivity index (χ3n) is 4.77. The topological polar surface area (TPSA) is 96.1 Å². The van der Waals surface area contributed by atoms with Crippen molar-refractivity contribution in [3.63, 3.8) is 0 Å². The number of carbonyl (C=O) groups is 1. The largest absolute Gasteiger partial charge is 0.329 e. The molecule has 0 saturated carbocycles. The number of benzene rings is 2. The maximum atomic E-state index is 14.7. The van der Waals surface area contributed by atoms with Crippen LogP contribution in [-0.2, 0) is 9.84 Å². The average molecular weight is 434 g/mol. The van der Waals surface area contributed by atoms with Crippen molar-refractivity contribution >= 4 is 26.4 Å². The van der Waals surface area contributed by atoms with Gasteiger partial charge in [-0.1, -0.05) is 12.1 Å². The fourth-order valence-electron chi connectivity index (χ4n) is 3.19. The highest BCUT2D eigenvalue weighted by Gasteiger charge is 2.23. The van der Waals surface area contributed by atoms with Gasteiger partial charge in [-0.15, -0.1) is 0 Å². The number of rotatable bonds is 7. The number of carbonyl (C=O) groups excluding carboxylic acids is 1. The summed E-state index contributed by atoms with van der Waals surface area (Å²) in [5.74, 6) is -3.05. The summed E-state index contributed by atoms with van der Waals surface area (Å²) in [5.41, 5.74) is -0.866. The molecule has 0 fully saturated rings. The highest BCUT2D eigenvalue weighted by molar-refractivity contribution is 7.90. The Bertz CT molecular complexity index is 1260. The molecule has 0 bridgehead atoms. The molecule has 3 aromatic rings. The molecule has 158 valence electrons. The predicted molar refractivity (Wildman–Crippen MR) is 110 cm³/mol. The number of ketones is 1. The zero-order valence-corrected chi connectivity index (χ0v) is 17.1. The SMILES string of the molecule is CC(NCCS(C)(=O)=O)c1cc(F)c(C(=O)c2cccc3c(=O)[nH]ccc23)c(F)c1. The Kier molecular flexibility index (Phi) is 6.14. The fraction of sp³-hybridized carbons (Fsp3) is 0.238. The molecule has 1 unspecified atom stereocenters. The Morgan fingerprint density at radius 3 is 2.43 bits per heavy atom. The van der Waals surface area contributed by atoms with Crippen molar-refractivity contribution in [2.75, 3.05) is 18.6 Å². The number of aromatic amines is 1. The number of fused-ring (bicyclic) bond motifs is 1. The van der Waals surface area contributed by atoms with Gasteiger partial charge in [0.05, 0.1) is 11.3 Å². The fourth-order valence-corrected chi connectivity index (χ4v) is 3.68. The van der Waals surface area contributed by atoms with Gasteiger partial charge in [-0.3, -0.25) is 9.59 Å². The Labute approximate surface area is 171 Å². The standard InChI is InChI=1S/C21H20F2N2O4S/c1-12(24-8-9-30(2,28)29)13-10-17(22)19(18(23)11-13)20(26)15-4-3-5-16-14(15)6-7-25-21(16)27/h3-7,10-12,24H,8-9H2,1-2H3,(H,25,27). The molecule has 2 aromatic carbocycles. The summed E-state index contributed by atoms with van der Waals surface area (Å²) in [7, 11) is -3.17. The van der Waals surface area contributed by atoms with Crippen LogP contribution in [0.25, 0.3) is 10.8 Å². The van der Waals surface area contributed by atoms with Crippen molar-refractivity contribution in [2.24, 2.45) is 0 Å². The molecule has 1 atom stereocenters. The minimum atomic E-state index is -3.17. The number of halogens is 2. The number of pyridine rings is 1. The monoisotopic (exact) mass is 434 g/mol. The number of aromatic nitrogens is 1. The zero-order valence-electron chi connectivity index (χ0n) is 16.3. The molecule has 30 heavy (non-hydrogen) atoms. The van der Waals surface area contributed by atoms with Crippen LogP contribution in [0.15, 0.2) is 47.4 Å². The van der Waals surface area contributed by atoms with Crippen LogP contribution in [0.4, 0.5) is 8.78 Å². The lowest BCUT2D eigenvalue weighted by atomic mass is 9.95. The van der Waals surface area contributed by atoms with Gasteiger partial charge in [0.25, 0.3) is 5.56 Å². The van der Waals surface area contributed by atoms with E-state index in [0.29, 0.717) is 5.39 Å². The average Bonchev–Trinajstić information content (AvgIpc) is 2.66. The highest BCUT2D eigenvalue weighted by Crippen LogP contribution is 2.25. The van der Waals surface area contributed by atoms with Crippen molar-refractivity contribution in [3.05, 3.63) is 81.3 Å². The van der Waals surface area contributed by atoms with Crippen molar-refractivity contribution in [2.45, 2.75) is 13.0 Å². The van der Waals surface area contributed by atoms with Crippen LogP contribution in [0, 0.1) is 11.6 Å². The van der Waals surface area contributed by atoms with Crippen LogP contribution in [-0.4, -0.2) is 37.7 Å². The van der Waals surface area contributed by atoms with Gasteiger partial charge in [0, 0.05) is 36.0 Å². The number of nitrogens with one attached hydrogen (secondary N) is 2. The van der Waals surface area contributed by atoms with E-state index in [1.54, 1.807) is 6.92 Å². The number of sulfone groups is 1. The summed E-state index contributed by atoms with van der Waals surface area (Å²) < 4.78 is 51.9. The molecule has 0 spiro atoms. The van der Waals surface area contributed by atoms with Crippen molar-refractivity contribution in [3.8, 4) is 0 Å². The van der Waals surface area contributed by atoms with Gasteiger partial charge in [-0.05, 0) is 42.1 Å². The Balaban J connectivity index is 1.94. The van der Waals surface area contributed by atoms with Crippen LogP contribution in [0.3, 0.4) is 0 Å². The minimum absolute atomic E-state index is 0.0171. The number of hydrogen-bond acceptors (Lipinski definition) is 5. The molecule has 3 rings (SSSR count). The molecular weight excluding hydrogens is 414 g/mol. The van der Waals surface area contributed by atoms with E-state index in [2.05, 4.69) is 10.3 Å². The summed E-state index contributed by atoms with van der Waals surface area (Å²) in [4.78, 5) is 27.3. The molecule has 0 amide bonds. The van der Waals surface area contributed by atoms with Crippen LogP contribution in [0.1, 0.15) is 34.5 Å². The zero-order chi connectivity index (χ0) is 22.1. The first kappa shape index (κ1) is 21.8. The quantitative estimate of drug-likeness (QED) is 0.558. The molecule has 0 aliphatic heterocycles. The van der Waals surface area contributed by atoms with Gasteiger partial charge >= 0.3 is 0 Å². The molecule has 0 saturated heterocycles. The smallest absolute Gasteiger partial charge is 0.255 e. The molecular formula is C21H20F2N2O4S. The minimum Gasteiger partial charge on any atom is -0.329 e.